The van der Waals surface area contributed by atoms with E-state index < -0.39 is 0 Å². The van der Waals surface area contributed by atoms with Gasteiger partial charge in [-0.2, -0.15) is 0 Å². The minimum atomic E-state index is 0.0343. The Balaban J connectivity index is 2.11. The highest BCUT2D eigenvalue weighted by molar-refractivity contribution is 5.29. The summed E-state index contributed by atoms with van der Waals surface area (Å²) in [6, 6.07) is 11.7. The van der Waals surface area contributed by atoms with Crippen LogP contribution in [-0.4, -0.2) is 7.11 Å². The van der Waals surface area contributed by atoms with Crippen LogP contribution >= 0.6 is 0 Å². The fourth-order valence-electron chi connectivity index (χ4n) is 1.74. The van der Waals surface area contributed by atoms with Crippen LogP contribution in [-0.2, 0) is 6.42 Å². The molecule has 0 saturated carbocycles. The lowest BCUT2D eigenvalue weighted by atomic mass is 10.0. The Morgan fingerprint density at radius 2 is 2.06 bits per heavy atom. The molecule has 0 aliphatic heterocycles. The first-order valence-corrected chi connectivity index (χ1v) is 5.46. The van der Waals surface area contributed by atoms with Gasteiger partial charge in [-0.05, 0) is 29.8 Å². The normalized spacial score (nSPS) is 12.4. The number of nitrogens with two attached hydrogens (primary N) is 1. The first-order valence-electron chi connectivity index (χ1n) is 5.46. The Kier molecular flexibility index (Phi) is 3.80. The van der Waals surface area contributed by atoms with Gasteiger partial charge in [-0.1, -0.05) is 12.1 Å². The van der Waals surface area contributed by atoms with Gasteiger partial charge >= 0.3 is 0 Å². The van der Waals surface area contributed by atoms with Crippen LogP contribution in [0.2, 0.25) is 0 Å². The molecule has 1 heterocycles. The van der Waals surface area contributed by atoms with Crippen LogP contribution in [0, 0.1) is 0 Å². The summed E-state index contributed by atoms with van der Waals surface area (Å²) in [5, 5.41) is 0. The number of benzene rings is 1. The topological polar surface area (TPSA) is 60.4 Å². The molecule has 0 aliphatic rings. The third-order valence-corrected chi connectivity index (χ3v) is 2.70. The van der Waals surface area contributed by atoms with E-state index in [4.69, 9.17) is 15.0 Å². The molecule has 4 nitrogen and oxygen atoms in total. The Bertz CT molecular complexity index is 437. The molecule has 0 saturated heterocycles. The largest absolute Gasteiger partial charge is 0.497 e. The first kappa shape index (κ1) is 11.7. The summed E-state index contributed by atoms with van der Waals surface area (Å²) in [6.07, 6.45) is 2.38. The van der Waals surface area contributed by atoms with Gasteiger partial charge in [-0.15, -0.1) is 0 Å². The SMILES string of the molecule is COc1ccc(C(Cc2ccco2)NN)cc1. The lowest BCUT2D eigenvalue weighted by molar-refractivity contribution is 0.414. The van der Waals surface area contributed by atoms with Crippen molar-refractivity contribution in [2.75, 3.05) is 7.11 Å². The molecule has 90 valence electrons. The molecule has 17 heavy (non-hydrogen) atoms. The average Bonchev–Trinajstić information content (AvgIpc) is 2.89. The van der Waals surface area contributed by atoms with Crippen molar-refractivity contribution >= 4 is 0 Å². The summed E-state index contributed by atoms with van der Waals surface area (Å²) in [5.74, 6) is 7.31. The number of furan rings is 1. The average molecular weight is 232 g/mol. The molecule has 2 aromatic rings. The quantitative estimate of drug-likeness (QED) is 0.611. The number of hydrazine groups is 1. The van der Waals surface area contributed by atoms with E-state index in [1.807, 2.05) is 36.4 Å². The van der Waals surface area contributed by atoms with E-state index in [-0.39, 0.29) is 6.04 Å². The molecule has 0 radical (unpaired) electrons. The van der Waals surface area contributed by atoms with E-state index in [2.05, 4.69) is 5.43 Å². The van der Waals surface area contributed by atoms with Crippen molar-refractivity contribution < 1.29 is 9.15 Å². The van der Waals surface area contributed by atoms with E-state index in [9.17, 15) is 0 Å². The van der Waals surface area contributed by atoms with Gasteiger partial charge in [0.1, 0.15) is 11.5 Å². The molecule has 0 bridgehead atoms. The minimum Gasteiger partial charge on any atom is -0.497 e. The van der Waals surface area contributed by atoms with E-state index in [0.29, 0.717) is 0 Å². The highest BCUT2D eigenvalue weighted by atomic mass is 16.5. The third-order valence-electron chi connectivity index (χ3n) is 2.70. The number of hydrogen-bond donors (Lipinski definition) is 2. The maximum absolute atomic E-state index is 5.57. The molecular formula is C13H16N2O2. The summed E-state index contributed by atoms with van der Waals surface area (Å²) in [6.45, 7) is 0. The summed E-state index contributed by atoms with van der Waals surface area (Å²) in [7, 11) is 1.65. The smallest absolute Gasteiger partial charge is 0.118 e. The molecule has 1 aromatic carbocycles. The molecule has 0 fully saturated rings. The van der Waals surface area contributed by atoms with Crippen molar-refractivity contribution in [3.05, 3.63) is 54.0 Å². The fraction of sp³-hybridized carbons (Fsp3) is 0.231. The fourth-order valence-corrected chi connectivity index (χ4v) is 1.74. The lowest BCUT2D eigenvalue weighted by Crippen LogP contribution is -2.29. The van der Waals surface area contributed by atoms with Crippen molar-refractivity contribution in [3.63, 3.8) is 0 Å². The van der Waals surface area contributed by atoms with Crippen molar-refractivity contribution in [2.45, 2.75) is 12.5 Å². The Morgan fingerprint density at radius 1 is 1.29 bits per heavy atom. The predicted molar refractivity (Wildman–Crippen MR) is 65.5 cm³/mol. The summed E-state index contributed by atoms with van der Waals surface area (Å²) in [4.78, 5) is 0. The first-order chi connectivity index (χ1) is 8.33. The Labute approximate surface area is 100 Å². The molecular weight excluding hydrogens is 216 g/mol. The van der Waals surface area contributed by atoms with Crippen molar-refractivity contribution in [1.82, 2.24) is 5.43 Å². The van der Waals surface area contributed by atoms with E-state index >= 15 is 0 Å². The highest BCUT2D eigenvalue weighted by Gasteiger charge is 2.12. The van der Waals surface area contributed by atoms with Crippen LogP contribution < -0.4 is 16.0 Å². The van der Waals surface area contributed by atoms with Gasteiger partial charge in [0.05, 0.1) is 19.4 Å². The zero-order valence-corrected chi connectivity index (χ0v) is 9.72. The second kappa shape index (κ2) is 5.52. The van der Waals surface area contributed by atoms with Gasteiger partial charge in [-0.3, -0.25) is 11.3 Å². The molecule has 1 aromatic heterocycles. The molecule has 1 unspecified atom stereocenters. The van der Waals surface area contributed by atoms with E-state index in [1.165, 1.54) is 0 Å². The van der Waals surface area contributed by atoms with Crippen LogP contribution in [0.5, 0.6) is 5.75 Å². The molecule has 0 amide bonds. The van der Waals surface area contributed by atoms with Gasteiger partial charge in [0.25, 0.3) is 0 Å². The van der Waals surface area contributed by atoms with Gasteiger partial charge in [0.2, 0.25) is 0 Å². The minimum absolute atomic E-state index is 0.0343. The van der Waals surface area contributed by atoms with Crippen LogP contribution in [0.1, 0.15) is 17.4 Å². The predicted octanol–water partition coefficient (Wildman–Crippen LogP) is 2.04. The van der Waals surface area contributed by atoms with Crippen molar-refractivity contribution in [1.29, 1.82) is 0 Å². The van der Waals surface area contributed by atoms with Gasteiger partial charge in [0.15, 0.2) is 0 Å². The second-order valence-corrected chi connectivity index (χ2v) is 3.78. The number of hydrogen-bond acceptors (Lipinski definition) is 4. The highest BCUT2D eigenvalue weighted by Crippen LogP contribution is 2.20. The number of nitrogens with one attached hydrogen (secondary N) is 1. The maximum Gasteiger partial charge on any atom is 0.118 e. The van der Waals surface area contributed by atoms with Crippen molar-refractivity contribution in [2.24, 2.45) is 5.84 Å². The van der Waals surface area contributed by atoms with Crippen molar-refractivity contribution in [3.8, 4) is 5.75 Å². The summed E-state index contributed by atoms with van der Waals surface area (Å²) >= 11 is 0. The number of ether oxygens (including phenoxy) is 1. The Hall–Kier alpha value is -1.78. The number of methoxy groups -OCH3 is 1. The van der Waals surface area contributed by atoms with Gasteiger partial charge < -0.3 is 9.15 Å². The molecule has 4 heteroatoms. The standard InChI is InChI=1S/C13H16N2O2/c1-16-11-6-4-10(5-7-11)13(15-14)9-12-3-2-8-17-12/h2-8,13,15H,9,14H2,1H3. The molecule has 1 atom stereocenters. The van der Waals surface area contributed by atoms with E-state index in [0.717, 1.165) is 23.5 Å². The van der Waals surface area contributed by atoms with E-state index in [1.54, 1.807) is 13.4 Å². The third kappa shape index (κ3) is 2.87. The van der Waals surface area contributed by atoms with Crippen LogP contribution in [0.4, 0.5) is 0 Å². The zero-order valence-electron chi connectivity index (χ0n) is 9.72. The van der Waals surface area contributed by atoms with Crippen LogP contribution in [0.3, 0.4) is 0 Å². The maximum atomic E-state index is 5.57. The summed E-state index contributed by atoms with van der Waals surface area (Å²) in [5.41, 5.74) is 3.89. The monoisotopic (exact) mass is 232 g/mol. The lowest BCUT2D eigenvalue weighted by Gasteiger charge is -2.15. The Morgan fingerprint density at radius 3 is 2.59 bits per heavy atom. The molecule has 2 rings (SSSR count). The zero-order chi connectivity index (χ0) is 12.1. The summed E-state index contributed by atoms with van der Waals surface area (Å²) < 4.78 is 10.4. The van der Waals surface area contributed by atoms with Crippen LogP contribution in [0.15, 0.2) is 47.1 Å². The molecule has 0 spiro atoms. The van der Waals surface area contributed by atoms with Gasteiger partial charge in [0, 0.05) is 6.42 Å². The number of rotatable bonds is 5. The van der Waals surface area contributed by atoms with Gasteiger partial charge in [-0.25, -0.2) is 0 Å². The molecule has 0 aliphatic carbocycles. The van der Waals surface area contributed by atoms with Crippen LogP contribution in [0.25, 0.3) is 0 Å². The molecule has 3 N–H and O–H groups in total. The second-order valence-electron chi connectivity index (χ2n) is 3.78.